The van der Waals surface area contributed by atoms with Gasteiger partial charge in [0.05, 0.1) is 17.9 Å². The lowest BCUT2D eigenvalue weighted by molar-refractivity contribution is -0.120. The number of anilines is 2. The Balaban J connectivity index is 1.13. The number of carbonyl (C=O) groups is 1. The highest BCUT2D eigenvalue weighted by Crippen LogP contribution is 2.25. The summed E-state index contributed by atoms with van der Waals surface area (Å²) in [5.74, 6) is 0.833. The van der Waals surface area contributed by atoms with Crippen molar-refractivity contribution >= 4 is 33.8 Å². The molecular weight excluding hydrogens is 430 g/mol. The fourth-order valence-electron chi connectivity index (χ4n) is 4.47. The highest BCUT2D eigenvalue weighted by Gasteiger charge is 2.27. The van der Waals surface area contributed by atoms with Crippen LogP contribution in [0.15, 0.2) is 17.5 Å². The molecule has 2 unspecified atom stereocenters. The average Bonchev–Trinajstić information content (AvgIpc) is 3.42. The van der Waals surface area contributed by atoms with Gasteiger partial charge in [0.25, 0.3) is 0 Å². The molecule has 1 N–H and O–H groups in total. The van der Waals surface area contributed by atoms with Crippen LogP contribution in [0, 0.1) is 5.92 Å². The average molecular weight is 458 g/mol. The number of ether oxygens (including phenoxy) is 1. The minimum absolute atomic E-state index is 0.0312. The lowest BCUT2D eigenvalue weighted by Crippen LogP contribution is -2.44. The predicted molar refractivity (Wildman–Crippen MR) is 120 cm³/mol. The molecular formula is C20H27N9O2S. The van der Waals surface area contributed by atoms with E-state index in [1.807, 2.05) is 17.5 Å². The minimum Gasteiger partial charge on any atom is -0.373 e. The monoisotopic (exact) mass is 457 g/mol. The van der Waals surface area contributed by atoms with Gasteiger partial charge in [0.1, 0.15) is 0 Å². The number of morpholine rings is 1. The number of carbonyl (C=O) groups excluding carboxylic acids is 1. The van der Waals surface area contributed by atoms with Crippen molar-refractivity contribution in [2.75, 3.05) is 36.4 Å². The summed E-state index contributed by atoms with van der Waals surface area (Å²) in [6.45, 7) is 8.29. The first-order valence-electron chi connectivity index (χ1n) is 11.0. The molecule has 0 saturated carbocycles. The molecule has 3 aromatic heterocycles. The van der Waals surface area contributed by atoms with Gasteiger partial charge in [-0.1, -0.05) is 0 Å². The van der Waals surface area contributed by atoms with Gasteiger partial charge in [0.2, 0.25) is 5.91 Å². The Morgan fingerprint density at radius 3 is 2.78 bits per heavy atom. The Labute approximate surface area is 189 Å². The number of tetrazole rings is 1. The largest absolute Gasteiger partial charge is 0.373 e. The number of nitrogens with zero attached hydrogens (tertiary/aromatic N) is 8. The van der Waals surface area contributed by atoms with Crippen LogP contribution in [0.3, 0.4) is 0 Å². The van der Waals surface area contributed by atoms with Crippen LogP contribution in [0.2, 0.25) is 0 Å². The van der Waals surface area contributed by atoms with E-state index in [2.05, 4.69) is 54.6 Å². The molecule has 11 nitrogen and oxygen atoms in total. The molecule has 2 saturated heterocycles. The van der Waals surface area contributed by atoms with Crippen LogP contribution >= 0.6 is 11.3 Å². The SMILES string of the molecule is CC1CN(Cc2csc(NC(=O)C3CCN(c4ccc5nnnn5n4)CC3)n2)CC(C)O1. The number of amides is 1. The quantitative estimate of drug-likeness (QED) is 0.608. The third-order valence-corrected chi connectivity index (χ3v) is 6.71. The van der Waals surface area contributed by atoms with Crippen LogP contribution < -0.4 is 10.2 Å². The Morgan fingerprint density at radius 1 is 1.22 bits per heavy atom. The summed E-state index contributed by atoms with van der Waals surface area (Å²) in [4.78, 5) is 22.0. The standard InChI is InChI=1S/C20H27N9O2S/c1-13-9-27(10-14(2)31-13)11-16-12-32-20(21-16)22-19(30)15-5-7-28(8-6-15)18-4-3-17-23-25-26-29(17)24-18/h3-4,12-15H,5-11H2,1-2H3,(H,21,22,30). The van der Waals surface area contributed by atoms with Gasteiger partial charge in [-0.2, -0.15) is 0 Å². The van der Waals surface area contributed by atoms with Gasteiger partial charge in [0.15, 0.2) is 16.6 Å². The maximum absolute atomic E-state index is 12.8. The van der Waals surface area contributed by atoms with Crippen LogP contribution in [0.1, 0.15) is 32.4 Å². The van der Waals surface area contributed by atoms with Gasteiger partial charge in [-0.15, -0.1) is 26.2 Å². The molecule has 1 amide bonds. The van der Waals surface area contributed by atoms with Gasteiger partial charge >= 0.3 is 0 Å². The van der Waals surface area contributed by atoms with E-state index in [-0.39, 0.29) is 24.0 Å². The fourth-order valence-corrected chi connectivity index (χ4v) is 5.17. The molecule has 32 heavy (non-hydrogen) atoms. The van der Waals surface area contributed by atoms with E-state index < -0.39 is 0 Å². The Hall–Kier alpha value is -2.70. The summed E-state index contributed by atoms with van der Waals surface area (Å²) in [5, 5.41) is 21.5. The van der Waals surface area contributed by atoms with Crippen LogP contribution in [0.5, 0.6) is 0 Å². The first-order chi connectivity index (χ1) is 15.5. The maximum atomic E-state index is 12.8. The van der Waals surface area contributed by atoms with Crippen molar-refractivity contribution in [1.82, 2.24) is 35.1 Å². The summed E-state index contributed by atoms with van der Waals surface area (Å²) in [6, 6.07) is 3.76. The van der Waals surface area contributed by atoms with Gasteiger partial charge in [-0.3, -0.25) is 9.69 Å². The fraction of sp³-hybridized carbons (Fsp3) is 0.600. The van der Waals surface area contributed by atoms with Crippen LogP contribution in [0.4, 0.5) is 10.9 Å². The summed E-state index contributed by atoms with van der Waals surface area (Å²) in [5.41, 5.74) is 1.61. The number of hydrogen-bond donors (Lipinski definition) is 1. The van der Waals surface area contributed by atoms with Crippen molar-refractivity contribution in [2.45, 2.75) is 45.4 Å². The smallest absolute Gasteiger partial charge is 0.229 e. The van der Waals surface area contributed by atoms with E-state index in [9.17, 15) is 4.79 Å². The molecule has 12 heteroatoms. The van der Waals surface area contributed by atoms with Crippen LogP contribution in [-0.2, 0) is 16.1 Å². The Kier molecular flexibility index (Phi) is 5.98. The number of hydrogen-bond acceptors (Lipinski definition) is 10. The zero-order valence-corrected chi connectivity index (χ0v) is 19.0. The lowest BCUT2D eigenvalue weighted by atomic mass is 9.96. The second-order valence-electron chi connectivity index (χ2n) is 8.56. The summed E-state index contributed by atoms with van der Waals surface area (Å²) in [7, 11) is 0. The normalized spacial score (nSPS) is 23.0. The van der Waals surface area contributed by atoms with Gasteiger partial charge in [-0.25, -0.2) is 4.98 Å². The van der Waals surface area contributed by atoms with Crippen molar-refractivity contribution in [3.63, 3.8) is 0 Å². The van der Waals surface area contributed by atoms with Crippen molar-refractivity contribution in [3.8, 4) is 0 Å². The summed E-state index contributed by atoms with van der Waals surface area (Å²) >= 11 is 1.49. The number of rotatable bonds is 5. The molecule has 0 bridgehead atoms. The summed E-state index contributed by atoms with van der Waals surface area (Å²) in [6.07, 6.45) is 1.99. The Morgan fingerprint density at radius 2 is 2.00 bits per heavy atom. The van der Waals surface area contributed by atoms with E-state index in [4.69, 9.17) is 4.74 Å². The predicted octanol–water partition coefficient (Wildman–Crippen LogP) is 1.44. The molecule has 2 atom stereocenters. The number of piperidine rings is 1. The first-order valence-corrected chi connectivity index (χ1v) is 11.8. The summed E-state index contributed by atoms with van der Waals surface area (Å²) < 4.78 is 7.22. The number of aromatic nitrogens is 6. The van der Waals surface area contributed by atoms with E-state index in [0.717, 1.165) is 57.1 Å². The maximum Gasteiger partial charge on any atom is 0.229 e. The second-order valence-corrected chi connectivity index (χ2v) is 9.42. The molecule has 0 spiro atoms. The van der Waals surface area contributed by atoms with E-state index in [1.165, 1.54) is 16.0 Å². The lowest BCUT2D eigenvalue weighted by Gasteiger charge is -2.34. The Bertz CT molecular complexity index is 1070. The third kappa shape index (κ3) is 4.71. The molecule has 0 radical (unpaired) electrons. The highest BCUT2D eigenvalue weighted by molar-refractivity contribution is 7.13. The number of nitrogens with one attached hydrogen (secondary N) is 1. The van der Waals surface area contributed by atoms with Crippen LogP contribution in [-0.4, -0.2) is 79.4 Å². The van der Waals surface area contributed by atoms with Gasteiger partial charge in [0, 0.05) is 44.0 Å². The van der Waals surface area contributed by atoms with Crippen LogP contribution in [0.25, 0.3) is 5.65 Å². The first kappa shape index (κ1) is 21.2. The number of fused-ring (bicyclic) bond motifs is 1. The topological polar surface area (TPSA) is 114 Å². The van der Waals surface area contributed by atoms with E-state index in [0.29, 0.717) is 10.8 Å². The molecule has 2 aliphatic rings. The molecule has 2 aliphatic heterocycles. The molecule has 5 heterocycles. The molecule has 0 aliphatic carbocycles. The molecule has 170 valence electrons. The number of thiazole rings is 1. The van der Waals surface area contributed by atoms with Gasteiger partial charge < -0.3 is 15.0 Å². The molecule has 5 rings (SSSR count). The minimum atomic E-state index is -0.0312. The molecule has 0 aromatic carbocycles. The third-order valence-electron chi connectivity index (χ3n) is 5.91. The molecule has 2 fully saturated rings. The second kappa shape index (κ2) is 9.04. The van der Waals surface area contributed by atoms with Crippen molar-refractivity contribution in [2.24, 2.45) is 5.92 Å². The van der Waals surface area contributed by atoms with E-state index >= 15 is 0 Å². The van der Waals surface area contributed by atoms with Crippen molar-refractivity contribution in [1.29, 1.82) is 0 Å². The van der Waals surface area contributed by atoms with E-state index in [1.54, 1.807) is 0 Å². The highest BCUT2D eigenvalue weighted by atomic mass is 32.1. The van der Waals surface area contributed by atoms with Crippen molar-refractivity contribution in [3.05, 3.63) is 23.2 Å². The van der Waals surface area contributed by atoms with Gasteiger partial charge in [-0.05, 0) is 49.2 Å². The van der Waals surface area contributed by atoms with Crippen molar-refractivity contribution < 1.29 is 9.53 Å². The zero-order valence-electron chi connectivity index (χ0n) is 18.2. The zero-order chi connectivity index (χ0) is 22.1. The molecule has 3 aromatic rings.